The lowest BCUT2D eigenvalue weighted by atomic mass is 10.1. The van der Waals surface area contributed by atoms with E-state index in [1.165, 1.54) is 11.4 Å². The molecule has 1 aromatic carbocycles. The van der Waals surface area contributed by atoms with Crippen LogP contribution in [0.1, 0.15) is 19.8 Å². The Kier molecular flexibility index (Phi) is 6.12. The molecule has 1 fully saturated rings. The minimum atomic E-state index is -3.68. The number of nitrogens with zero attached hydrogens (tertiary/aromatic N) is 3. The second kappa shape index (κ2) is 8.53. The van der Waals surface area contributed by atoms with Crippen LogP contribution in [0.3, 0.4) is 0 Å². The highest BCUT2D eigenvalue weighted by molar-refractivity contribution is 7.89. The number of piperidine rings is 1. The van der Waals surface area contributed by atoms with E-state index in [1.807, 2.05) is 6.92 Å². The first-order valence-corrected chi connectivity index (χ1v) is 10.2. The molecule has 1 unspecified atom stereocenters. The highest BCUT2D eigenvalue weighted by Gasteiger charge is 2.33. The van der Waals surface area contributed by atoms with Crippen LogP contribution < -0.4 is 14.2 Å². The van der Waals surface area contributed by atoms with Gasteiger partial charge in [-0.15, -0.1) is 10.2 Å². The predicted molar refractivity (Wildman–Crippen MR) is 98.6 cm³/mol. The van der Waals surface area contributed by atoms with E-state index >= 15 is 0 Å². The molecule has 0 bridgehead atoms. The van der Waals surface area contributed by atoms with E-state index in [4.69, 9.17) is 14.2 Å². The second-order valence-electron chi connectivity index (χ2n) is 6.04. The van der Waals surface area contributed by atoms with Crippen LogP contribution in [-0.4, -0.2) is 55.8 Å². The first-order chi connectivity index (χ1) is 13.0. The van der Waals surface area contributed by atoms with Crippen molar-refractivity contribution in [3.05, 3.63) is 36.4 Å². The fourth-order valence-electron chi connectivity index (χ4n) is 2.95. The predicted octanol–water partition coefficient (Wildman–Crippen LogP) is 2.12. The van der Waals surface area contributed by atoms with Crippen LogP contribution in [0.5, 0.6) is 17.5 Å². The van der Waals surface area contributed by atoms with Gasteiger partial charge in [0, 0.05) is 18.7 Å². The van der Waals surface area contributed by atoms with Crippen LogP contribution >= 0.6 is 0 Å². The maximum absolute atomic E-state index is 13.1. The minimum absolute atomic E-state index is 0.178. The summed E-state index contributed by atoms with van der Waals surface area (Å²) in [6, 6.07) is 10.00. The number of sulfonamides is 1. The average molecular weight is 393 g/mol. The molecule has 2 aromatic rings. The van der Waals surface area contributed by atoms with E-state index in [-0.39, 0.29) is 17.5 Å². The summed E-state index contributed by atoms with van der Waals surface area (Å²) in [6.45, 7) is 2.91. The molecular weight excluding hydrogens is 370 g/mol. The SMILES string of the molecule is CCOc1ccccc1S(=O)(=O)N1CCCC(Oc2ccc(OC)nn2)C1. The molecule has 1 saturated heterocycles. The quantitative estimate of drug-likeness (QED) is 0.711. The number of hydrogen-bond acceptors (Lipinski definition) is 7. The topological polar surface area (TPSA) is 90.9 Å². The largest absolute Gasteiger partial charge is 0.492 e. The van der Waals surface area contributed by atoms with Gasteiger partial charge in [-0.3, -0.25) is 0 Å². The molecule has 146 valence electrons. The molecular formula is C18H23N3O5S. The Labute approximate surface area is 159 Å². The van der Waals surface area contributed by atoms with Crippen LogP contribution in [0.25, 0.3) is 0 Å². The number of benzene rings is 1. The molecule has 1 atom stereocenters. The number of hydrogen-bond donors (Lipinski definition) is 0. The third kappa shape index (κ3) is 4.48. The fraction of sp³-hybridized carbons (Fsp3) is 0.444. The van der Waals surface area contributed by atoms with Gasteiger partial charge < -0.3 is 14.2 Å². The summed E-state index contributed by atoms with van der Waals surface area (Å²) in [6.07, 6.45) is 1.15. The zero-order valence-corrected chi connectivity index (χ0v) is 16.2. The summed E-state index contributed by atoms with van der Waals surface area (Å²) in [4.78, 5) is 0.178. The average Bonchev–Trinajstić information content (AvgIpc) is 2.69. The summed E-state index contributed by atoms with van der Waals surface area (Å²) in [7, 11) is -2.17. The zero-order valence-electron chi connectivity index (χ0n) is 15.4. The molecule has 0 spiro atoms. The molecule has 3 rings (SSSR count). The first kappa shape index (κ1) is 19.4. The van der Waals surface area contributed by atoms with Gasteiger partial charge in [-0.25, -0.2) is 8.42 Å². The lowest BCUT2D eigenvalue weighted by Gasteiger charge is -2.32. The molecule has 1 aliphatic rings. The van der Waals surface area contributed by atoms with Crippen molar-refractivity contribution < 1.29 is 22.6 Å². The maximum atomic E-state index is 13.1. The van der Waals surface area contributed by atoms with Gasteiger partial charge in [-0.1, -0.05) is 12.1 Å². The minimum Gasteiger partial charge on any atom is -0.492 e. The van der Waals surface area contributed by atoms with Crippen LogP contribution in [0, 0.1) is 0 Å². The molecule has 27 heavy (non-hydrogen) atoms. The molecule has 2 heterocycles. The normalized spacial score (nSPS) is 18.1. The standard InChI is InChI=1S/C18H23N3O5S/c1-3-25-15-8-4-5-9-16(15)27(22,23)21-12-6-7-14(13-21)26-18-11-10-17(24-2)19-20-18/h4-5,8-11,14H,3,6-7,12-13H2,1-2H3. The van der Waals surface area contributed by atoms with Crippen molar-refractivity contribution >= 4 is 10.0 Å². The van der Waals surface area contributed by atoms with Crippen molar-refractivity contribution in [3.63, 3.8) is 0 Å². The summed E-state index contributed by atoms with van der Waals surface area (Å²) < 4.78 is 44.0. The van der Waals surface area contributed by atoms with E-state index in [2.05, 4.69) is 10.2 Å². The Morgan fingerprint density at radius 2 is 1.89 bits per heavy atom. The number of aromatic nitrogens is 2. The van der Waals surface area contributed by atoms with Gasteiger partial charge in [-0.05, 0) is 31.9 Å². The molecule has 0 amide bonds. The molecule has 0 aliphatic carbocycles. The van der Waals surface area contributed by atoms with E-state index in [9.17, 15) is 8.42 Å². The van der Waals surface area contributed by atoms with Gasteiger partial charge in [0.2, 0.25) is 21.8 Å². The first-order valence-electron chi connectivity index (χ1n) is 8.81. The summed E-state index contributed by atoms with van der Waals surface area (Å²) >= 11 is 0. The Balaban J connectivity index is 1.75. The number of rotatable bonds is 7. The molecule has 1 aromatic heterocycles. The summed E-state index contributed by atoms with van der Waals surface area (Å²) in [5.41, 5.74) is 0. The number of methoxy groups -OCH3 is 1. The maximum Gasteiger partial charge on any atom is 0.246 e. The Morgan fingerprint density at radius 3 is 2.59 bits per heavy atom. The molecule has 0 saturated carbocycles. The van der Waals surface area contributed by atoms with Crippen molar-refractivity contribution in [2.24, 2.45) is 0 Å². The summed E-state index contributed by atoms with van der Waals surface area (Å²) in [5, 5.41) is 7.81. The van der Waals surface area contributed by atoms with Gasteiger partial charge in [0.15, 0.2) is 0 Å². The van der Waals surface area contributed by atoms with Crippen molar-refractivity contribution in [2.45, 2.75) is 30.8 Å². The van der Waals surface area contributed by atoms with Gasteiger partial charge >= 0.3 is 0 Å². The highest BCUT2D eigenvalue weighted by atomic mass is 32.2. The molecule has 9 heteroatoms. The second-order valence-corrected chi connectivity index (χ2v) is 7.95. The highest BCUT2D eigenvalue weighted by Crippen LogP contribution is 2.29. The van der Waals surface area contributed by atoms with Gasteiger partial charge in [0.25, 0.3) is 0 Å². The van der Waals surface area contributed by atoms with Crippen LogP contribution in [-0.2, 0) is 10.0 Å². The molecule has 0 radical (unpaired) electrons. The van der Waals surface area contributed by atoms with Crippen molar-refractivity contribution in [1.82, 2.24) is 14.5 Å². The smallest absolute Gasteiger partial charge is 0.246 e. The van der Waals surface area contributed by atoms with E-state index in [0.717, 1.165) is 6.42 Å². The Morgan fingerprint density at radius 1 is 1.15 bits per heavy atom. The lowest BCUT2D eigenvalue weighted by molar-refractivity contribution is 0.123. The molecule has 1 aliphatic heterocycles. The molecule has 0 N–H and O–H groups in total. The zero-order chi connectivity index (χ0) is 19.3. The summed E-state index contributed by atoms with van der Waals surface area (Å²) in [5.74, 6) is 1.10. The van der Waals surface area contributed by atoms with Crippen LogP contribution in [0.15, 0.2) is 41.3 Å². The third-order valence-electron chi connectivity index (χ3n) is 4.22. The Bertz CT molecular complexity index is 858. The third-order valence-corrected chi connectivity index (χ3v) is 6.12. The van der Waals surface area contributed by atoms with Crippen molar-refractivity contribution in [1.29, 1.82) is 0 Å². The number of ether oxygens (including phenoxy) is 3. The van der Waals surface area contributed by atoms with E-state index in [0.29, 0.717) is 37.1 Å². The molecule has 8 nitrogen and oxygen atoms in total. The van der Waals surface area contributed by atoms with Gasteiger partial charge in [-0.2, -0.15) is 4.31 Å². The van der Waals surface area contributed by atoms with Gasteiger partial charge in [0.1, 0.15) is 16.7 Å². The van der Waals surface area contributed by atoms with E-state index in [1.54, 1.807) is 36.4 Å². The van der Waals surface area contributed by atoms with E-state index < -0.39 is 10.0 Å². The number of para-hydroxylation sites is 1. The van der Waals surface area contributed by atoms with Crippen LogP contribution in [0.4, 0.5) is 0 Å². The monoisotopic (exact) mass is 393 g/mol. The van der Waals surface area contributed by atoms with Crippen LogP contribution in [0.2, 0.25) is 0 Å². The van der Waals surface area contributed by atoms with Crippen molar-refractivity contribution in [2.75, 3.05) is 26.8 Å². The fourth-order valence-corrected chi connectivity index (χ4v) is 4.59. The van der Waals surface area contributed by atoms with Gasteiger partial charge in [0.05, 0.1) is 20.3 Å². The lowest BCUT2D eigenvalue weighted by Crippen LogP contribution is -2.44. The van der Waals surface area contributed by atoms with Crippen molar-refractivity contribution in [3.8, 4) is 17.5 Å². The Hall–Kier alpha value is -2.39.